The quantitative estimate of drug-likeness (QED) is 0.709. The highest BCUT2D eigenvalue weighted by Gasteiger charge is 2.70. The molecule has 78 valence electrons. The summed E-state index contributed by atoms with van der Waals surface area (Å²) in [5.74, 6) is -1.83. The van der Waals surface area contributed by atoms with Crippen LogP contribution in [0.4, 0.5) is 8.78 Å². The van der Waals surface area contributed by atoms with Gasteiger partial charge in [0.1, 0.15) is 0 Å². The molecule has 2 fully saturated rings. The lowest BCUT2D eigenvalue weighted by Crippen LogP contribution is -2.25. The largest absolute Gasteiger partial charge is 0.330 e. The number of hydrogen-bond donors (Lipinski definition) is 1. The van der Waals surface area contributed by atoms with Crippen molar-refractivity contribution in [2.75, 3.05) is 6.54 Å². The van der Waals surface area contributed by atoms with Crippen LogP contribution in [-0.4, -0.2) is 12.5 Å². The Morgan fingerprint density at radius 2 is 1.69 bits per heavy atom. The van der Waals surface area contributed by atoms with Gasteiger partial charge in [-0.05, 0) is 38.1 Å². The summed E-state index contributed by atoms with van der Waals surface area (Å²) in [4.78, 5) is 0. The van der Waals surface area contributed by atoms with E-state index in [-0.39, 0.29) is 18.8 Å². The van der Waals surface area contributed by atoms with Crippen LogP contribution in [0.3, 0.4) is 0 Å². The molecule has 0 amide bonds. The van der Waals surface area contributed by atoms with Crippen molar-refractivity contribution < 1.29 is 8.78 Å². The Kier molecular flexibility index (Phi) is 2.89. The van der Waals surface area contributed by atoms with Gasteiger partial charge in [0.2, 0.25) is 0 Å². The Bertz CT molecular complexity index is 188. The molecule has 0 aliphatic heterocycles. The van der Waals surface area contributed by atoms with Gasteiger partial charge in [-0.3, -0.25) is 0 Å². The third kappa shape index (κ3) is 1.68. The first-order chi connectivity index (χ1) is 5.60. The van der Waals surface area contributed by atoms with Crippen LogP contribution in [-0.2, 0) is 0 Å². The van der Waals surface area contributed by atoms with E-state index in [2.05, 4.69) is 0 Å². The zero-order chi connectivity index (χ0) is 8.82. The van der Waals surface area contributed by atoms with Crippen LogP contribution in [0, 0.1) is 11.3 Å². The van der Waals surface area contributed by atoms with Gasteiger partial charge in [-0.15, -0.1) is 12.4 Å². The van der Waals surface area contributed by atoms with E-state index in [1.807, 2.05) is 0 Å². The fourth-order valence-electron chi connectivity index (χ4n) is 2.39. The standard InChI is InChI=1S/C9H15F2N.ClH/c10-9(11)6-8(9)3-1-7(5-12)2-4-8;/h7H,1-6,12H2;1H. The van der Waals surface area contributed by atoms with Crippen LogP contribution < -0.4 is 5.73 Å². The van der Waals surface area contributed by atoms with Gasteiger partial charge in [-0.2, -0.15) is 0 Å². The van der Waals surface area contributed by atoms with E-state index in [1.54, 1.807) is 0 Å². The monoisotopic (exact) mass is 211 g/mol. The Hall–Kier alpha value is 0.110. The number of nitrogens with two attached hydrogens (primary N) is 1. The first-order valence-corrected chi connectivity index (χ1v) is 4.68. The smallest absolute Gasteiger partial charge is 0.254 e. The molecule has 0 bridgehead atoms. The van der Waals surface area contributed by atoms with Gasteiger partial charge in [0.05, 0.1) is 0 Å². The van der Waals surface area contributed by atoms with Gasteiger partial charge < -0.3 is 5.73 Å². The first-order valence-electron chi connectivity index (χ1n) is 4.68. The Morgan fingerprint density at radius 1 is 1.23 bits per heavy atom. The van der Waals surface area contributed by atoms with Crippen molar-refractivity contribution in [3.63, 3.8) is 0 Å². The molecule has 4 heteroatoms. The third-order valence-electron chi connectivity index (χ3n) is 3.61. The maximum absolute atomic E-state index is 12.9. The lowest BCUT2D eigenvalue weighted by atomic mass is 9.79. The second kappa shape index (κ2) is 3.35. The van der Waals surface area contributed by atoms with E-state index in [9.17, 15) is 8.78 Å². The SMILES string of the molecule is Cl.NCC1CCC2(CC1)CC2(F)F. The lowest BCUT2D eigenvalue weighted by molar-refractivity contribution is 0.0412. The summed E-state index contributed by atoms with van der Waals surface area (Å²) < 4.78 is 25.7. The summed E-state index contributed by atoms with van der Waals surface area (Å²) in [5.41, 5.74) is 4.91. The molecule has 2 saturated carbocycles. The van der Waals surface area contributed by atoms with Crippen molar-refractivity contribution in [2.45, 2.75) is 38.0 Å². The molecule has 2 N–H and O–H groups in total. The van der Waals surface area contributed by atoms with E-state index >= 15 is 0 Å². The molecule has 0 radical (unpaired) electrons. The van der Waals surface area contributed by atoms with Crippen LogP contribution in [0.5, 0.6) is 0 Å². The molecule has 0 saturated heterocycles. The zero-order valence-electron chi connectivity index (χ0n) is 7.56. The maximum atomic E-state index is 12.9. The number of alkyl halides is 2. The van der Waals surface area contributed by atoms with Gasteiger partial charge >= 0.3 is 0 Å². The lowest BCUT2D eigenvalue weighted by Gasteiger charge is -2.27. The predicted octanol–water partition coefficient (Wildman–Crippen LogP) is 2.58. The van der Waals surface area contributed by atoms with Gasteiger partial charge in [0.15, 0.2) is 0 Å². The number of halogens is 3. The van der Waals surface area contributed by atoms with Gasteiger partial charge in [0.25, 0.3) is 5.92 Å². The van der Waals surface area contributed by atoms with Crippen molar-refractivity contribution in [2.24, 2.45) is 17.1 Å². The second-order valence-corrected chi connectivity index (χ2v) is 4.34. The Labute approximate surface area is 83.5 Å². The van der Waals surface area contributed by atoms with E-state index in [0.717, 1.165) is 12.8 Å². The molecule has 1 spiro atoms. The molecule has 2 aliphatic carbocycles. The Morgan fingerprint density at radius 3 is 2.00 bits per heavy atom. The molecule has 1 nitrogen and oxygen atoms in total. The van der Waals surface area contributed by atoms with E-state index in [0.29, 0.717) is 25.3 Å². The van der Waals surface area contributed by atoms with Gasteiger partial charge in [-0.1, -0.05) is 0 Å². The summed E-state index contributed by atoms with van der Waals surface area (Å²) in [6, 6.07) is 0. The molecule has 0 aromatic carbocycles. The molecule has 13 heavy (non-hydrogen) atoms. The van der Waals surface area contributed by atoms with Crippen molar-refractivity contribution in [1.82, 2.24) is 0 Å². The van der Waals surface area contributed by atoms with Gasteiger partial charge in [0, 0.05) is 11.8 Å². The zero-order valence-corrected chi connectivity index (χ0v) is 8.38. The molecule has 0 heterocycles. The van der Waals surface area contributed by atoms with Crippen molar-refractivity contribution in [3.05, 3.63) is 0 Å². The summed E-state index contributed by atoms with van der Waals surface area (Å²) in [7, 11) is 0. The summed E-state index contributed by atoms with van der Waals surface area (Å²) >= 11 is 0. The minimum atomic E-state index is -2.34. The average Bonchev–Trinajstić information content (AvgIpc) is 2.55. The van der Waals surface area contributed by atoms with Crippen LogP contribution >= 0.6 is 12.4 Å². The summed E-state index contributed by atoms with van der Waals surface area (Å²) in [6.45, 7) is 0.668. The van der Waals surface area contributed by atoms with Crippen molar-refractivity contribution >= 4 is 12.4 Å². The maximum Gasteiger partial charge on any atom is 0.254 e. The van der Waals surface area contributed by atoms with Crippen molar-refractivity contribution in [3.8, 4) is 0 Å². The molecule has 0 atom stereocenters. The fourth-order valence-corrected chi connectivity index (χ4v) is 2.39. The van der Waals surface area contributed by atoms with Crippen LogP contribution in [0.15, 0.2) is 0 Å². The number of hydrogen-bond acceptors (Lipinski definition) is 1. The van der Waals surface area contributed by atoms with E-state index in [4.69, 9.17) is 5.73 Å². The highest BCUT2D eigenvalue weighted by Crippen LogP contribution is 2.67. The highest BCUT2D eigenvalue weighted by molar-refractivity contribution is 5.85. The summed E-state index contributed by atoms with van der Waals surface area (Å²) in [6.07, 6.45) is 3.35. The van der Waals surface area contributed by atoms with Gasteiger partial charge in [-0.25, -0.2) is 8.78 Å². The normalized spacial score (nSPS) is 41.3. The third-order valence-corrected chi connectivity index (χ3v) is 3.61. The van der Waals surface area contributed by atoms with Crippen molar-refractivity contribution in [1.29, 1.82) is 0 Å². The number of rotatable bonds is 1. The van der Waals surface area contributed by atoms with Crippen LogP contribution in [0.25, 0.3) is 0 Å². The highest BCUT2D eigenvalue weighted by atomic mass is 35.5. The fraction of sp³-hybridized carbons (Fsp3) is 1.00. The topological polar surface area (TPSA) is 26.0 Å². The van der Waals surface area contributed by atoms with E-state index < -0.39 is 11.3 Å². The second-order valence-electron chi connectivity index (χ2n) is 4.34. The predicted molar refractivity (Wildman–Crippen MR) is 50.3 cm³/mol. The first kappa shape index (κ1) is 11.2. The molecule has 0 aromatic rings. The minimum absolute atomic E-state index is 0. The molecule has 2 rings (SSSR count). The summed E-state index contributed by atoms with van der Waals surface area (Å²) in [5, 5.41) is 0. The Balaban J connectivity index is 0.000000845. The minimum Gasteiger partial charge on any atom is -0.330 e. The van der Waals surface area contributed by atoms with Crippen LogP contribution in [0.1, 0.15) is 32.1 Å². The van der Waals surface area contributed by atoms with E-state index in [1.165, 1.54) is 0 Å². The molecule has 2 aliphatic rings. The van der Waals surface area contributed by atoms with Crippen LogP contribution in [0.2, 0.25) is 0 Å². The molecule has 0 unspecified atom stereocenters. The average molecular weight is 212 g/mol. The molecular formula is C9H16ClF2N. The molecule has 0 aromatic heterocycles. The molecular weight excluding hydrogens is 196 g/mol.